The van der Waals surface area contributed by atoms with E-state index in [9.17, 15) is 0 Å². The average molecular weight is 1120 g/mol. The summed E-state index contributed by atoms with van der Waals surface area (Å²) in [4.78, 5) is 4.54. The van der Waals surface area contributed by atoms with Gasteiger partial charge in [0.25, 0.3) is 0 Å². The second-order valence-electron chi connectivity index (χ2n) is 22.6. The Morgan fingerprint density at radius 1 is 0.207 bits per heavy atom. The fourth-order valence-corrected chi connectivity index (χ4v) is 13.9. The summed E-state index contributed by atoms with van der Waals surface area (Å²) in [5, 5.41) is 14.8. The number of benzene rings is 14. The molecule has 7 heteroatoms. The summed E-state index contributed by atoms with van der Waals surface area (Å²) in [6, 6.07) is 98.0. The highest BCUT2D eigenvalue weighted by Gasteiger charge is 2.27. The molecule has 0 amide bonds. The summed E-state index contributed by atoms with van der Waals surface area (Å²) >= 11 is 0. The van der Waals surface area contributed by atoms with E-state index >= 15 is 0 Å². The molecule has 19 aromatic rings. The fourth-order valence-electron chi connectivity index (χ4n) is 13.9. The topological polar surface area (TPSA) is 72.2 Å². The maximum absolute atomic E-state index is 7.16. The summed E-state index contributed by atoms with van der Waals surface area (Å²) in [5.41, 5.74) is 18.0. The van der Waals surface area contributed by atoms with Crippen LogP contribution in [0.15, 0.2) is 301 Å². The van der Waals surface area contributed by atoms with Gasteiger partial charge in [0.1, 0.15) is 44.7 Å². The van der Waals surface area contributed by atoms with Crippen LogP contribution in [-0.4, -0.2) is 0 Å². The molecule has 0 bridgehead atoms. The lowest BCUT2D eigenvalue weighted by atomic mass is 9.96. The van der Waals surface area contributed by atoms with Crippen LogP contribution < -0.4 is 9.80 Å². The fraction of sp³-hybridized carbons (Fsp3) is 0. The summed E-state index contributed by atoms with van der Waals surface area (Å²) < 4.78 is 34.9. The van der Waals surface area contributed by atoms with Gasteiger partial charge in [-0.1, -0.05) is 170 Å². The van der Waals surface area contributed by atoms with Crippen molar-refractivity contribution in [2.75, 3.05) is 9.80 Å². The molecule has 14 aromatic carbocycles. The van der Waals surface area contributed by atoms with E-state index in [1.165, 1.54) is 0 Å². The van der Waals surface area contributed by atoms with Gasteiger partial charge in [-0.3, -0.25) is 0 Å². The van der Waals surface area contributed by atoms with Gasteiger partial charge in [-0.15, -0.1) is 0 Å². The minimum absolute atomic E-state index is 0.761. The van der Waals surface area contributed by atoms with Crippen molar-refractivity contribution < 1.29 is 22.1 Å². The molecule has 5 aromatic heterocycles. The van der Waals surface area contributed by atoms with E-state index in [0.29, 0.717) is 0 Å². The predicted molar refractivity (Wildman–Crippen MR) is 358 cm³/mol. The molecule has 0 unspecified atom stereocenters. The van der Waals surface area contributed by atoms with Gasteiger partial charge in [-0.2, -0.15) is 0 Å². The van der Waals surface area contributed by atoms with E-state index < -0.39 is 0 Å². The number of fused-ring (bicyclic) bond motifs is 19. The Bertz CT molecular complexity index is 5640. The van der Waals surface area contributed by atoms with Gasteiger partial charge in [-0.25, -0.2) is 0 Å². The van der Waals surface area contributed by atoms with Gasteiger partial charge in [0.2, 0.25) is 0 Å². The first kappa shape index (κ1) is 47.7. The van der Waals surface area contributed by atoms with Gasteiger partial charge in [0.15, 0.2) is 11.2 Å². The zero-order valence-electron chi connectivity index (χ0n) is 46.5. The van der Waals surface area contributed by atoms with Crippen LogP contribution in [-0.2, 0) is 0 Å². The number of anilines is 6. The zero-order valence-corrected chi connectivity index (χ0v) is 46.5. The molecular weight excluding hydrogens is 1070 g/mol. The van der Waals surface area contributed by atoms with E-state index in [-0.39, 0.29) is 0 Å². The monoisotopic (exact) mass is 1110 g/mol. The third kappa shape index (κ3) is 7.17. The smallest absolute Gasteiger partial charge is 0.159 e. The third-order valence-electron chi connectivity index (χ3n) is 17.8. The molecule has 0 aliphatic heterocycles. The highest BCUT2D eigenvalue weighted by atomic mass is 16.3. The average Bonchev–Trinajstić information content (AvgIpc) is 4.24. The molecule has 0 saturated heterocycles. The lowest BCUT2D eigenvalue weighted by molar-refractivity contribution is 0.662. The Balaban J connectivity index is 0.725. The Kier molecular flexibility index (Phi) is 10.1. The van der Waals surface area contributed by atoms with Crippen LogP contribution in [0.4, 0.5) is 34.1 Å². The molecule has 406 valence electrons. The molecule has 0 spiro atoms. The molecule has 0 N–H and O–H groups in total. The molecule has 7 nitrogen and oxygen atoms in total. The van der Waals surface area contributed by atoms with Crippen LogP contribution >= 0.6 is 0 Å². The van der Waals surface area contributed by atoms with E-state index in [4.69, 9.17) is 22.1 Å². The first-order valence-corrected chi connectivity index (χ1v) is 29.4. The first-order valence-electron chi connectivity index (χ1n) is 29.4. The van der Waals surface area contributed by atoms with Gasteiger partial charge < -0.3 is 31.9 Å². The summed E-state index contributed by atoms with van der Waals surface area (Å²) in [6.45, 7) is 0. The largest absolute Gasteiger partial charge is 0.456 e. The number of para-hydroxylation sites is 4. The van der Waals surface area contributed by atoms with E-state index in [1.807, 2.05) is 12.1 Å². The van der Waals surface area contributed by atoms with Crippen LogP contribution in [0, 0.1) is 0 Å². The summed E-state index contributed by atoms with van der Waals surface area (Å²) in [5.74, 6) is 0. The molecular formula is C80H46N2O5. The van der Waals surface area contributed by atoms with E-state index in [0.717, 1.165) is 188 Å². The van der Waals surface area contributed by atoms with Crippen molar-refractivity contribution in [1.82, 2.24) is 0 Å². The maximum Gasteiger partial charge on any atom is 0.159 e. The van der Waals surface area contributed by atoms with Crippen molar-refractivity contribution in [2.45, 2.75) is 0 Å². The Labute approximate surface area is 495 Å². The first-order chi connectivity index (χ1) is 43.1. The molecule has 0 atom stereocenters. The Morgan fingerprint density at radius 2 is 0.552 bits per heavy atom. The quantitative estimate of drug-likeness (QED) is 0.150. The molecule has 0 aliphatic carbocycles. The number of hydrogen-bond donors (Lipinski definition) is 0. The van der Waals surface area contributed by atoms with Crippen molar-refractivity contribution in [3.05, 3.63) is 279 Å². The van der Waals surface area contributed by atoms with Gasteiger partial charge in [-0.05, 0) is 130 Å². The summed E-state index contributed by atoms with van der Waals surface area (Å²) in [7, 11) is 0. The zero-order chi connectivity index (χ0) is 56.8. The van der Waals surface area contributed by atoms with E-state index in [2.05, 4.69) is 277 Å². The Morgan fingerprint density at radius 3 is 0.966 bits per heavy atom. The van der Waals surface area contributed by atoms with Crippen molar-refractivity contribution in [1.29, 1.82) is 0 Å². The molecule has 5 heterocycles. The van der Waals surface area contributed by atoms with Crippen molar-refractivity contribution in [3.8, 4) is 22.3 Å². The van der Waals surface area contributed by atoms with Gasteiger partial charge >= 0.3 is 0 Å². The predicted octanol–water partition coefficient (Wildman–Crippen LogP) is 23.8. The Hall–Kier alpha value is -11.8. The van der Waals surface area contributed by atoms with Gasteiger partial charge in [0, 0.05) is 88.5 Å². The second kappa shape index (κ2) is 18.3. The van der Waals surface area contributed by atoms with E-state index in [1.54, 1.807) is 0 Å². The van der Waals surface area contributed by atoms with Gasteiger partial charge in [0.05, 0.1) is 22.7 Å². The van der Waals surface area contributed by atoms with Crippen molar-refractivity contribution >= 4 is 165 Å². The molecule has 0 fully saturated rings. The summed E-state index contributed by atoms with van der Waals surface area (Å²) in [6.07, 6.45) is 0. The molecule has 0 aliphatic rings. The lowest BCUT2D eigenvalue weighted by Crippen LogP contribution is -2.09. The second-order valence-corrected chi connectivity index (χ2v) is 22.6. The van der Waals surface area contributed by atoms with Crippen LogP contribution in [0.25, 0.3) is 153 Å². The molecule has 0 saturated carbocycles. The molecule has 87 heavy (non-hydrogen) atoms. The SMILES string of the molecule is c1ccc(-c2cc3ccccc3c3c2oc2c(N(c4ccccc4)c4ccc5c(c4)oc4cc6c(cc45)oc4cc5c(cc46)oc4cc(N(c6ccccc6)c6cccc7c6oc6c(-c8ccccc8)cc8ccccc8c67)ccc45)cccc23)cc1. The number of hydrogen-bond acceptors (Lipinski definition) is 7. The number of furan rings is 5. The highest BCUT2D eigenvalue weighted by Crippen LogP contribution is 2.50. The minimum Gasteiger partial charge on any atom is -0.456 e. The maximum atomic E-state index is 7.16. The number of nitrogens with zero attached hydrogens (tertiary/aromatic N) is 2. The van der Waals surface area contributed by atoms with Crippen LogP contribution in [0.5, 0.6) is 0 Å². The number of rotatable bonds is 8. The molecule has 0 radical (unpaired) electrons. The van der Waals surface area contributed by atoms with Crippen LogP contribution in [0.1, 0.15) is 0 Å². The lowest BCUT2D eigenvalue weighted by Gasteiger charge is -2.25. The minimum atomic E-state index is 0.761. The molecule has 19 rings (SSSR count). The third-order valence-corrected chi connectivity index (χ3v) is 17.8. The van der Waals surface area contributed by atoms with Crippen LogP contribution in [0.3, 0.4) is 0 Å². The highest BCUT2D eigenvalue weighted by molar-refractivity contribution is 6.26. The van der Waals surface area contributed by atoms with Crippen LogP contribution in [0.2, 0.25) is 0 Å². The standard InChI is InChI=1S/C80H46N2O5/c1-5-19-47(20-6-1)61-39-49-23-13-15-29-55(49)75-59-31-17-33-67(77(59)86-79(61)75)81(51-25-9-3-10-26-51)53-35-37-57-63-43-73-65(45-71(63)83-69(57)41-53)66-46-72-64(44-74(66)85-73)58-38-36-54(42-70(58)84-72)82(52-27-11-4-12-28-52)68-34-18-32-60-76-56-30-16-14-24-50(56)40-62(80(76)87-78(60)68)48-21-7-2-8-22-48/h1-46H. The van der Waals surface area contributed by atoms with Crippen molar-refractivity contribution in [3.63, 3.8) is 0 Å². The normalized spacial score (nSPS) is 12.1. The van der Waals surface area contributed by atoms with Crippen molar-refractivity contribution in [2.24, 2.45) is 0 Å².